The molecule has 4 nitrogen and oxygen atoms in total. The standard InChI is InChI=1S/C9H17NO3S/c1-6(2)4-14-5-8(9(12)13)10-7(3)11/h6,8H,4-5H2,1-3H3,(H,10,11)(H,12,13)/t8-/m0/s1. The number of hydrogen-bond acceptors (Lipinski definition) is 3. The number of aliphatic carboxylic acids is 1. The van der Waals surface area contributed by atoms with Crippen LogP contribution in [0.1, 0.15) is 20.8 Å². The predicted octanol–water partition coefficient (Wildman–Crippen LogP) is 0.965. The maximum Gasteiger partial charge on any atom is 0.327 e. The third-order valence-corrected chi connectivity index (χ3v) is 2.88. The molecule has 1 amide bonds. The first-order chi connectivity index (χ1) is 6.43. The van der Waals surface area contributed by atoms with Crippen LogP contribution in [-0.4, -0.2) is 34.5 Å². The molecule has 82 valence electrons. The van der Waals surface area contributed by atoms with Gasteiger partial charge in [-0.3, -0.25) is 4.79 Å². The van der Waals surface area contributed by atoms with Crippen molar-refractivity contribution in [3.05, 3.63) is 0 Å². The second-order valence-corrected chi connectivity index (χ2v) is 4.60. The molecule has 0 spiro atoms. The van der Waals surface area contributed by atoms with Gasteiger partial charge >= 0.3 is 5.97 Å². The van der Waals surface area contributed by atoms with E-state index in [1.807, 2.05) is 0 Å². The Labute approximate surface area is 88.4 Å². The van der Waals surface area contributed by atoms with Crippen molar-refractivity contribution in [3.63, 3.8) is 0 Å². The van der Waals surface area contributed by atoms with Crippen molar-refractivity contribution in [2.45, 2.75) is 26.8 Å². The number of carbonyl (C=O) groups is 2. The number of carboxylic acid groups (broad SMARTS) is 1. The number of thioether (sulfide) groups is 1. The van der Waals surface area contributed by atoms with Crippen LogP contribution < -0.4 is 5.32 Å². The summed E-state index contributed by atoms with van der Waals surface area (Å²) < 4.78 is 0. The molecule has 0 aromatic carbocycles. The molecule has 2 N–H and O–H groups in total. The van der Waals surface area contributed by atoms with E-state index in [4.69, 9.17) is 5.11 Å². The monoisotopic (exact) mass is 219 g/mol. The summed E-state index contributed by atoms with van der Waals surface area (Å²) in [5.74, 6) is 0.585. The van der Waals surface area contributed by atoms with Crippen LogP contribution in [0.2, 0.25) is 0 Å². The van der Waals surface area contributed by atoms with Crippen molar-refractivity contribution in [1.29, 1.82) is 0 Å². The van der Waals surface area contributed by atoms with E-state index in [9.17, 15) is 9.59 Å². The molecule has 0 bridgehead atoms. The Balaban J connectivity index is 3.86. The van der Waals surface area contributed by atoms with Crippen molar-refractivity contribution in [2.24, 2.45) is 5.92 Å². The normalized spacial score (nSPS) is 12.6. The van der Waals surface area contributed by atoms with Crippen LogP contribution in [0.15, 0.2) is 0 Å². The van der Waals surface area contributed by atoms with Crippen LogP contribution in [0.4, 0.5) is 0 Å². The third kappa shape index (κ3) is 6.77. The van der Waals surface area contributed by atoms with E-state index in [0.29, 0.717) is 11.7 Å². The van der Waals surface area contributed by atoms with Gasteiger partial charge in [0, 0.05) is 12.7 Å². The van der Waals surface area contributed by atoms with Gasteiger partial charge in [-0.15, -0.1) is 0 Å². The molecular weight excluding hydrogens is 202 g/mol. The van der Waals surface area contributed by atoms with Crippen LogP contribution in [0.5, 0.6) is 0 Å². The Morgan fingerprint density at radius 3 is 2.29 bits per heavy atom. The zero-order chi connectivity index (χ0) is 11.1. The van der Waals surface area contributed by atoms with Gasteiger partial charge < -0.3 is 10.4 Å². The van der Waals surface area contributed by atoms with Crippen molar-refractivity contribution in [2.75, 3.05) is 11.5 Å². The van der Waals surface area contributed by atoms with E-state index < -0.39 is 12.0 Å². The first kappa shape index (κ1) is 13.3. The number of rotatable bonds is 6. The highest BCUT2D eigenvalue weighted by Gasteiger charge is 2.17. The van der Waals surface area contributed by atoms with E-state index in [2.05, 4.69) is 19.2 Å². The quantitative estimate of drug-likeness (QED) is 0.698. The van der Waals surface area contributed by atoms with Gasteiger partial charge in [0.15, 0.2) is 0 Å². The van der Waals surface area contributed by atoms with Crippen LogP contribution in [-0.2, 0) is 9.59 Å². The van der Waals surface area contributed by atoms with Gasteiger partial charge in [0.2, 0.25) is 5.91 Å². The summed E-state index contributed by atoms with van der Waals surface area (Å²) in [4.78, 5) is 21.4. The van der Waals surface area contributed by atoms with Gasteiger partial charge in [-0.1, -0.05) is 13.8 Å². The third-order valence-electron chi connectivity index (χ3n) is 1.41. The Bertz CT molecular complexity index is 206. The number of nitrogens with one attached hydrogen (secondary N) is 1. The van der Waals surface area contributed by atoms with Gasteiger partial charge in [0.05, 0.1) is 0 Å². The summed E-state index contributed by atoms with van der Waals surface area (Å²) in [5, 5.41) is 11.2. The maximum atomic E-state index is 10.7. The zero-order valence-corrected chi connectivity index (χ0v) is 9.56. The summed E-state index contributed by atoms with van der Waals surface area (Å²) >= 11 is 1.54. The molecule has 0 saturated heterocycles. The fourth-order valence-electron chi connectivity index (χ4n) is 0.842. The van der Waals surface area contributed by atoms with E-state index in [1.165, 1.54) is 6.92 Å². The molecular formula is C9H17NO3S. The smallest absolute Gasteiger partial charge is 0.327 e. The fraction of sp³-hybridized carbons (Fsp3) is 0.778. The number of carboxylic acids is 1. The van der Waals surface area contributed by atoms with Gasteiger partial charge in [-0.2, -0.15) is 11.8 Å². The first-order valence-corrected chi connectivity index (χ1v) is 5.66. The molecule has 0 rings (SSSR count). The maximum absolute atomic E-state index is 10.7. The number of carbonyl (C=O) groups excluding carboxylic acids is 1. The van der Waals surface area contributed by atoms with E-state index >= 15 is 0 Å². The molecule has 14 heavy (non-hydrogen) atoms. The minimum Gasteiger partial charge on any atom is -0.480 e. The number of amides is 1. The number of hydrogen-bond donors (Lipinski definition) is 2. The SMILES string of the molecule is CC(=O)N[C@@H](CSCC(C)C)C(=O)O. The summed E-state index contributed by atoms with van der Waals surface area (Å²) in [6.07, 6.45) is 0. The molecule has 0 saturated carbocycles. The molecule has 0 radical (unpaired) electrons. The lowest BCUT2D eigenvalue weighted by molar-refractivity contribution is -0.140. The Kier molecular flexibility index (Phi) is 6.36. The second-order valence-electron chi connectivity index (χ2n) is 3.52. The minimum atomic E-state index is -0.976. The zero-order valence-electron chi connectivity index (χ0n) is 8.74. The van der Waals surface area contributed by atoms with Crippen molar-refractivity contribution >= 4 is 23.6 Å². The highest BCUT2D eigenvalue weighted by molar-refractivity contribution is 7.99. The van der Waals surface area contributed by atoms with Crippen molar-refractivity contribution in [1.82, 2.24) is 5.32 Å². The Morgan fingerprint density at radius 2 is 1.93 bits per heavy atom. The highest BCUT2D eigenvalue weighted by atomic mass is 32.2. The molecule has 0 aromatic rings. The topological polar surface area (TPSA) is 66.4 Å². The lowest BCUT2D eigenvalue weighted by atomic mass is 10.3. The van der Waals surface area contributed by atoms with E-state index in [-0.39, 0.29) is 5.91 Å². The first-order valence-electron chi connectivity index (χ1n) is 4.51. The minimum absolute atomic E-state index is 0.303. The average Bonchev–Trinajstić information content (AvgIpc) is 2.00. The summed E-state index contributed by atoms with van der Waals surface area (Å²) in [7, 11) is 0. The van der Waals surface area contributed by atoms with E-state index in [1.54, 1.807) is 11.8 Å². The molecule has 0 aliphatic heterocycles. The molecule has 1 atom stereocenters. The van der Waals surface area contributed by atoms with Crippen LogP contribution in [0.25, 0.3) is 0 Å². The summed E-state index contributed by atoms with van der Waals surface area (Å²) in [6.45, 7) is 5.46. The summed E-state index contributed by atoms with van der Waals surface area (Å²) in [5.41, 5.74) is 0. The Morgan fingerprint density at radius 1 is 1.36 bits per heavy atom. The molecule has 0 aliphatic rings. The highest BCUT2D eigenvalue weighted by Crippen LogP contribution is 2.09. The molecule has 0 unspecified atom stereocenters. The molecule has 0 aliphatic carbocycles. The average molecular weight is 219 g/mol. The lowest BCUT2D eigenvalue weighted by Crippen LogP contribution is -2.41. The van der Waals surface area contributed by atoms with E-state index in [0.717, 1.165) is 5.75 Å². The largest absolute Gasteiger partial charge is 0.480 e. The van der Waals surface area contributed by atoms with Gasteiger partial charge in [0.25, 0.3) is 0 Å². The second kappa shape index (κ2) is 6.70. The Hall–Kier alpha value is -0.710. The van der Waals surface area contributed by atoms with Crippen LogP contribution in [0, 0.1) is 5.92 Å². The van der Waals surface area contributed by atoms with Crippen LogP contribution in [0.3, 0.4) is 0 Å². The van der Waals surface area contributed by atoms with Crippen molar-refractivity contribution in [3.8, 4) is 0 Å². The fourth-order valence-corrected chi connectivity index (χ4v) is 1.91. The van der Waals surface area contributed by atoms with Crippen LogP contribution >= 0.6 is 11.8 Å². The molecule has 0 heterocycles. The molecule has 0 fully saturated rings. The summed E-state index contributed by atoms with van der Waals surface area (Å²) in [6, 6.07) is -0.767. The molecule has 0 aromatic heterocycles. The predicted molar refractivity (Wildman–Crippen MR) is 57.4 cm³/mol. The van der Waals surface area contributed by atoms with Crippen molar-refractivity contribution < 1.29 is 14.7 Å². The lowest BCUT2D eigenvalue weighted by Gasteiger charge is -2.13. The molecule has 5 heteroatoms. The van der Waals surface area contributed by atoms with Gasteiger partial charge in [-0.05, 0) is 11.7 Å². The van der Waals surface area contributed by atoms with Gasteiger partial charge in [0.1, 0.15) is 6.04 Å². The van der Waals surface area contributed by atoms with Gasteiger partial charge in [-0.25, -0.2) is 4.79 Å².